The van der Waals surface area contributed by atoms with Gasteiger partial charge in [-0.15, -0.1) is 30.6 Å². The van der Waals surface area contributed by atoms with E-state index in [1.165, 1.54) is 38.8 Å². The SMILES string of the molecule is C=CCNC(=NCCc1ccco1)NC1CCN(C2CC2)CC1.I. The summed E-state index contributed by atoms with van der Waals surface area (Å²) in [4.78, 5) is 7.31. The van der Waals surface area contributed by atoms with E-state index in [1.807, 2.05) is 18.2 Å². The summed E-state index contributed by atoms with van der Waals surface area (Å²) in [6.45, 7) is 7.65. The number of nitrogens with zero attached hydrogens (tertiary/aromatic N) is 2. The third-order valence-electron chi connectivity index (χ3n) is 4.56. The van der Waals surface area contributed by atoms with Crippen LogP contribution < -0.4 is 10.6 Å². The van der Waals surface area contributed by atoms with Gasteiger partial charge < -0.3 is 20.0 Å². The van der Waals surface area contributed by atoms with Crippen molar-refractivity contribution in [1.29, 1.82) is 0 Å². The highest BCUT2D eigenvalue weighted by atomic mass is 127. The lowest BCUT2D eigenvalue weighted by Gasteiger charge is -2.33. The molecule has 0 spiro atoms. The van der Waals surface area contributed by atoms with Crippen molar-refractivity contribution >= 4 is 29.9 Å². The van der Waals surface area contributed by atoms with Crippen molar-refractivity contribution in [1.82, 2.24) is 15.5 Å². The molecule has 134 valence electrons. The van der Waals surface area contributed by atoms with Crippen LogP contribution in [0, 0.1) is 0 Å². The molecular weight excluding hydrogens is 415 g/mol. The number of guanidine groups is 1. The predicted octanol–water partition coefficient (Wildman–Crippen LogP) is 2.79. The second-order valence-electron chi connectivity index (χ2n) is 6.42. The number of likely N-dealkylation sites (tertiary alicyclic amines) is 1. The van der Waals surface area contributed by atoms with Gasteiger partial charge in [-0.3, -0.25) is 4.99 Å². The number of aliphatic imine (C=N–C) groups is 1. The lowest BCUT2D eigenvalue weighted by atomic mass is 10.1. The summed E-state index contributed by atoms with van der Waals surface area (Å²) in [5, 5.41) is 6.90. The fourth-order valence-electron chi connectivity index (χ4n) is 3.10. The number of nitrogens with one attached hydrogen (secondary N) is 2. The summed E-state index contributed by atoms with van der Waals surface area (Å²) in [6, 6.07) is 5.32. The number of rotatable bonds is 7. The van der Waals surface area contributed by atoms with E-state index in [0.29, 0.717) is 6.04 Å². The van der Waals surface area contributed by atoms with Gasteiger partial charge in [0.15, 0.2) is 5.96 Å². The Balaban J connectivity index is 0.00000208. The van der Waals surface area contributed by atoms with Gasteiger partial charge in [0.2, 0.25) is 0 Å². The first-order chi connectivity index (χ1) is 11.3. The summed E-state index contributed by atoms with van der Waals surface area (Å²) in [6.07, 6.45) is 9.60. The molecule has 0 bridgehead atoms. The molecule has 3 rings (SSSR count). The lowest BCUT2D eigenvalue weighted by molar-refractivity contribution is 0.197. The zero-order valence-corrected chi connectivity index (χ0v) is 16.6. The second kappa shape index (κ2) is 10.1. The van der Waals surface area contributed by atoms with Gasteiger partial charge in [-0.2, -0.15) is 0 Å². The number of hydrogen-bond acceptors (Lipinski definition) is 3. The Bertz CT molecular complexity index is 505. The Labute approximate surface area is 162 Å². The molecule has 1 saturated heterocycles. The minimum absolute atomic E-state index is 0. The summed E-state index contributed by atoms with van der Waals surface area (Å²) in [5.74, 6) is 1.87. The van der Waals surface area contributed by atoms with Crippen LogP contribution in [-0.4, -0.2) is 49.1 Å². The van der Waals surface area contributed by atoms with Crippen LogP contribution in [-0.2, 0) is 6.42 Å². The van der Waals surface area contributed by atoms with E-state index in [4.69, 9.17) is 4.42 Å². The number of piperidine rings is 1. The van der Waals surface area contributed by atoms with Gasteiger partial charge in [0.1, 0.15) is 5.76 Å². The summed E-state index contributed by atoms with van der Waals surface area (Å²) < 4.78 is 5.35. The van der Waals surface area contributed by atoms with Crippen LogP contribution in [0.3, 0.4) is 0 Å². The molecule has 1 aliphatic carbocycles. The standard InChI is InChI=1S/C18H28N4O.HI/c1-2-10-19-18(20-11-7-17-4-3-14-23-17)21-15-8-12-22(13-9-15)16-5-6-16;/h2-4,14-16H,1,5-13H2,(H2,19,20,21);1H. The Kier molecular flexibility index (Phi) is 8.11. The number of hydrogen-bond donors (Lipinski definition) is 2. The Hall–Kier alpha value is -1.02. The van der Waals surface area contributed by atoms with Crippen molar-refractivity contribution in [3.8, 4) is 0 Å². The average molecular weight is 444 g/mol. The van der Waals surface area contributed by atoms with E-state index in [0.717, 1.165) is 37.3 Å². The van der Waals surface area contributed by atoms with E-state index in [2.05, 4.69) is 27.1 Å². The van der Waals surface area contributed by atoms with Gasteiger partial charge in [0.05, 0.1) is 6.26 Å². The molecule has 0 atom stereocenters. The zero-order valence-electron chi connectivity index (χ0n) is 14.2. The minimum Gasteiger partial charge on any atom is -0.469 e. The van der Waals surface area contributed by atoms with Crippen LogP contribution >= 0.6 is 24.0 Å². The van der Waals surface area contributed by atoms with Gasteiger partial charge in [0.25, 0.3) is 0 Å². The van der Waals surface area contributed by atoms with Crippen LogP contribution in [0.25, 0.3) is 0 Å². The van der Waals surface area contributed by atoms with Gasteiger partial charge >= 0.3 is 0 Å². The van der Waals surface area contributed by atoms with Crippen LogP contribution in [0.5, 0.6) is 0 Å². The highest BCUT2D eigenvalue weighted by Crippen LogP contribution is 2.29. The maximum atomic E-state index is 5.35. The molecule has 2 heterocycles. The monoisotopic (exact) mass is 444 g/mol. The third kappa shape index (κ3) is 6.12. The van der Waals surface area contributed by atoms with Crippen molar-refractivity contribution in [3.05, 3.63) is 36.8 Å². The molecule has 0 aromatic carbocycles. The molecular formula is C18H29IN4O. The quantitative estimate of drug-likeness (QED) is 0.294. The zero-order chi connectivity index (χ0) is 15.9. The maximum absolute atomic E-state index is 5.35. The first-order valence-corrected chi connectivity index (χ1v) is 8.77. The van der Waals surface area contributed by atoms with E-state index in [-0.39, 0.29) is 24.0 Å². The largest absolute Gasteiger partial charge is 0.469 e. The van der Waals surface area contributed by atoms with Crippen LogP contribution in [0.4, 0.5) is 0 Å². The first kappa shape index (κ1) is 19.3. The Morgan fingerprint density at radius 2 is 2.12 bits per heavy atom. The highest BCUT2D eigenvalue weighted by molar-refractivity contribution is 14.0. The molecule has 2 fully saturated rings. The Morgan fingerprint density at radius 1 is 1.33 bits per heavy atom. The van der Waals surface area contributed by atoms with E-state index < -0.39 is 0 Å². The fourth-order valence-corrected chi connectivity index (χ4v) is 3.10. The highest BCUT2D eigenvalue weighted by Gasteiger charge is 2.31. The van der Waals surface area contributed by atoms with Crippen molar-refractivity contribution in [2.75, 3.05) is 26.2 Å². The van der Waals surface area contributed by atoms with Gasteiger partial charge in [0, 0.05) is 44.7 Å². The summed E-state index contributed by atoms with van der Waals surface area (Å²) in [7, 11) is 0. The molecule has 0 unspecified atom stereocenters. The molecule has 1 aliphatic heterocycles. The molecule has 0 radical (unpaired) electrons. The van der Waals surface area contributed by atoms with Crippen molar-refractivity contribution in [2.45, 2.75) is 44.2 Å². The summed E-state index contributed by atoms with van der Waals surface area (Å²) >= 11 is 0. The molecule has 2 aliphatic rings. The second-order valence-corrected chi connectivity index (χ2v) is 6.42. The fraction of sp³-hybridized carbons (Fsp3) is 0.611. The predicted molar refractivity (Wildman–Crippen MR) is 109 cm³/mol. The van der Waals surface area contributed by atoms with Crippen molar-refractivity contribution in [2.24, 2.45) is 4.99 Å². The van der Waals surface area contributed by atoms with Gasteiger partial charge in [-0.25, -0.2) is 0 Å². The van der Waals surface area contributed by atoms with Gasteiger partial charge in [-0.05, 0) is 37.8 Å². The third-order valence-corrected chi connectivity index (χ3v) is 4.56. The smallest absolute Gasteiger partial charge is 0.191 e. The minimum atomic E-state index is 0. The number of furan rings is 1. The van der Waals surface area contributed by atoms with Crippen LogP contribution in [0.15, 0.2) is 40.5 Å². The lowest BCUT2D eigenvalue weighted by Crippen LogP contribution is -2.49. The van der Waals surface area contributed by atoms with Crippen molar-refractivity contribution < 1.29 is 4.42 Å². The van der Waals surface area contributed by atoms with Crippen LogP contribution in [0.1, 0.15) is 31.4 Å². The molecule has 6 heteroatoms. The Morgan fingerprint density at radius 3 is 2.75 bits per heavy atom. The summed E-state index contributed by atoms with van der Waals surface area (Å²) in [5.41, 5.74) is 0. The topological polar surface area (TPSA) is 52.8 Å². The molecule has 1 aromatic heterocycles. The molecule has 2 N–H and O–H groups in total. The van der Waals surface area contributed by atoms with E-state index in [1.54, 1.807) is 6.26 Å². The van der Waals surface area contributed by atoms with Crippen LogP contribution in [0.2, 0.25) is 0 Å². The van der Waals surface area contributed by atoms with E-state index >= 15 is 0 Å². The van der Waals surface area contributed by atoms with Crippen molar-refractivity contribution in [3.63, 3.8) is 0 Å². The molecule has 0 amide bonds. The molecule has 1 aromatic rings. The van der Waals surface area contributed by atoms with Gasteiger partial charge in [-0.1, -0.05) is 6.08 Å². The number of halogens is 1. The molecule has 5 nitrogen and oxygen atoms in total. The average Bonchev–Trinajstić information content (AvgIpc) is 3.30. The normalized spacial score (nSPS) is 19.6. The van der Waals surface area contributed by atoms with E-state index in [9.17, 15) is 0 Å². The maximum Gasteiger partial charge on any atom is 0.191 e. The molecule has 1 saturated carbocycles. The molecule has 24 heavy (non-hydrogen) atoms. The first-order valence-electron chi connectivity index (χ1n) is 8.77.